The third-order valence-electron chi connectivity index (χ3n) is 2.90. The lowest BCUT2D eigenvalue weighted by Gasteiger charge is -2.12. The fraction of sp³-hybridized carbons (Fsp3) is 0.250. The highest BCUT2D eigenvalue weighted by Gasteiger charge is 2.19. The molecule has 0 aliphatic rings. The van der Waals surface area contributed by atoms with Crippen LogP contribution >= 0.6 is 15.9 Å². The van der Waals surface area contributed by atoms with Crippen LogP contribution in [0.5, 0.6) is 0 Å². The number of hydrogen-bond donors (Lipinski definition) is 3. The third-order valence-corrected chi connectivity index (χ3v) is 5.25. The number of aromatic amines is 1. The summed E-state index contributed by atoms with van der Waals surface area (Å²) in [5.41, 5.74) is 7.76. The van der Waals surface area contributed by atoms with Crippen LogP contribution in [-0.4, -0.2) is 18.6 Å². The van der Waals surface area contributed by atoms with Crippen LogP contribution < -0.4 is 10.5 Å². The molecule has 0 spiro atoms. The minimum absolute atomic E-state index is 0.183. The Morgan fingerprint density at radius 3 is 2.75 bits per heavy atom. The van der Waals surface area contributed by atoms with E-state index in [2.05, 4.69) is 30.8 Å². The number of benzene rings is 1. The predicted molar refractivity (Wildman–Crippen MR) is 79.4 cm³/mol. The van der Waals surface area contributed by atoms with Crippen LogP contribution in [0.25, 0.3) is 0 Å². The van der Waals surface area contributed by atoms with Gasteiger partial charge in [-0.3, -0.25) is 5.10 Å². The number of H-pyrrole nitrogens is 1. The fourth-order valence-corrected chi connectivity index (χ4v) is 3.71. The summed E-state index contributed by atoms with van der Waals surface area (Å²) in [5, 5.41) is 6.41. The van der Waals surface area contributed by atoms with Gasteiger partial charge in [0.2, 0.25) is 10.0 Å². The quantitative estimate of drug-likeness (QED) is 0.752. The molecule has 0 unspecified atom stereocenters. The van der Waals surface area contributed by atoms with Gasteiger partial charge in [-0.2, -0.15) is 5.10 Å². The molecule has 0 bridgehead atoms. The molecule has 0 amide bonds. The first-order valence-corrected chi connectivity index (χ1v) is 8.18. The van der Waals surface area contributed by atoms with Crippen LogP contribution in [0.4, 0.5) is 0 Å². The summed E-state index contributed by atoms with van der Waals surface area (Å²) in [6, 6.07) is 3.42. The molecule has 0 fully saturated rings. The summed E-state index contributed by atoms with van der Waals surface area (Å²) in [7, 11) is -3.60. The summed E-state index contributed by atoms with van der Waals surface area (Å²) >= 11 is 3.36. The standard InChI is InChI=1S/C12H15BrN4O2S/c1-8-11(13)2-9(4-14)3-12(8)20(18,19)17-7-10-5-15-16-6-10/h2-3,5-6,17H,4,7,14H2,1H3,(H,15,16). The minimum Gasteiger partial charge on any atom is -0.326 e. The predicted octanol–water partition coefficient (Wildman–Crippen LogP) is 1.42. The molecule has 8 heteroatoms. The van der Waals surface area contributed by atoms with Crippen molar-refractivity contribution < 1.29 is 8.42 Å². The van der Waals surface area contributed by atoms with Crippen molar-refractivity contribution in [2.24, 2.45) is 5.73 Å². The summed E-state index contributed by atoms with van der Waals surface area (Å²) in [4.78, 5) is 0.232. The number of nitrogens with two attached hydrogens (primary N) is 1. The molecule has 0 saturated carbocycles. The van der Waals surface area contributed by atoms with Gasteiger partial charge in [0.05, 0.1) is 11.1 Å². The molecule has 20 heavy (non-hydrogen) atoms. The SMILES string of the molecule is Cc1c(Br)cc(CN)cc1S(=O)(=O)NCc1cn[nH]c1. The van der Waals surface area contributed by atoms with Gasteiger partial charge >= 0.3 is 0 Å². The molecule has 1 aromatic carbocycles. The monoisotopic (exact) mass is 358 g/mol. The molecule has 0 atom stereocenters. The lowest BCUT2D eigenvalue weighted by Crippen LogP contribution is -2.24. The minimum atomic E-state index is -3.60. The van der Waals surface area contributed by atoms with Crippen LogP contribution in [0.15, 0.2) is 33.9 Å². The summed E-state index contributed by atoms with van der Waals surface area (Å²) in [6.45, 7) is 2.21. The average Bonchev–Trinajstić information content (AvgIpc) is 2.92. The maximum Gasteiger partial charge on any atom is 0.241 e. The summed E-state index contributed by atoms with van der Waals surface area (Å²) in [6.07, 6.45) is 3.21. The molecule has 1 heterocycles. The van der Waals surface area contributed by atoms with Crippen molar-refractivity contribution in [3.8, 4) is 0 Å². The molecule has 0 aliphatic heterocycles. The number of hydrogen-bond acceptors (Lipinski definition) is 4. The first-order valence-electron chi connectivity index (χ1n) is 5.90. The number of sulfonamides is 1. The molecule has 0 radical (unpaired) electrons. The van der Waals surface area contributed by atoms with E-state index in [1.165, 1.54) is 0 Å². The number of aromatic nitrogens is 2. The molecule has 2 aromatic rings. The van der Waals surface area contributed by atoms with E-state index in [0.717, 1.165) is 15.6 Å². The van der Waals surface area contributed by atoms with Crippen molar-refractivity contribution >= 4 is 26.0 Å². The van der Waals surface area contributed by atoms with Gasteiger partial charge in [-0.15, -0.1) is 0 Å². The van der Waals surface area contributed by atoms with E-state index in [0.29, 0.717) is 5.56 Å². The van der Waals surface area contributed by atoms with E-state index >= 15 is 0 Å². The van der Waals surface area contributed by atoms with Gasteiger partial charge in [0, 0.05) is 29.3 Å². The Labute approximate surface area is 125 Å². The highest BCUT2D eigenvalue weighted by Crippen LogP contribution is 2.25. The lowest BCUT2D eigenvalue weighted by atomic mass is 10.1. The Balaban J connectivity index is 2.31. The number of nitrogens with zero attached hydrogens (tertiary/aromatic N) is 1. The van der Waals surface area contributed by atoms with Crippen LogP contribution in [-0.2, 0) is 23.1 Å². The highest BCUT2D eigenvalue weighted by atomic mass is 79.9. The number of halogens is 1. The lowest BCUT2D eigenvalue weighted by molar-refractivity contribution is 0.580. The zero-order valence-electron chi connectivity index (χ0n) is 10.9. The molecule has 0 saturated heterocycles. The second-order valence-corrected chi connectivity index (χ2v) is 6.93. The van der Waals surface area contributed by atoms with Crippen LogP contribution in [0.1, 0.15) is 16.7 Å². The fourth-order valence-electron chi connectivity index (χ4n) is 1.73. The van der Waals surface area contributed by atoms with Crippen molar-refractivity contribution in [1.82, 2.24) is 14.9 Å². The number of rotatable bonds is 5. The Morgan fingerprint density at radius 2 is 2.15 bits per heavy atom. The van der Waals surface area contributed by atoms with Gasteiger partial charge in [-0.25, -0.2) is 13.1 Å². The second-order valence-electron chi connectivity index (χ2n) is 4.34. The van der Waals surface area contributed by atoms with E-state index in [9.17, 15) is 8.42 Å². The van der Waals surface area contributed by atoms with Gasteiger partial charge < -0.3 is 5.73 Å². The van der Waals surface area contributed by atoms with Crippen LogP contribution in [0.2, 0.25) is 0 Å². The van der Waals surface area contributed by atoms with E-state index in [1.807, 2.05) is 6.07 Å². The molecule has 6 nitrogen and oxygen atoms in total. The maximum absolute atomic E-state index is 12.4. The van der Waals surface area contributed by atoms with Gasteiger partial charge in [0.1, 0.15) is 0 Å². The Morgan fingerprint density at radius 1 is 1.40 bits per heavy atom. The van der Waals surface area contributed by atoms with Crippen molar-refractivity contribution in [1.29, 1.82) is 0 Å². The second kappa shape index (κ2) is 6.04. The summed E-state index contributed by atoms with van der Waals surface area (Å²) < 4.78 is 28.0. The zero-order valence-corrected chi connectivity index (χ0v) is 13.3. The summed E-state index contributed by atoms with van der Waals surface area (Å²) in [5.74, 6) is 0. The molecule has 0 aliphatic carbocycles. The first-order chi connectivity index (χ1) is 9.44. The molecular formula is C12H15BrN4O2S. The average molecular weight is 359 g/mol. The van der Waals surface area contributed by atoms with Crippen molar-refractivity contribution in [3.63, 3.8) is 0 Å². The number of nitrogens with one attached hydrogen (secondary N) is 2. The van der Waals surface area contributed by atoms with Crippen molar-refractivity contribution in [2.75, 3.05) is 0 Å². The largest absolute Gasteiger partial charge is 0.326 e. The van der Waals surface area contributed by atoms with E-state index in [1.54, 1.807) is 25.4 Å². The zero-order chi connectivity index (χ0) is 14.8. The van der Waals surface area contributed by atoms with E-state index in [4.69, 9.17) is 5.73 Å². The first kappa shape index (κ1) is 15.2. The molecule has 2 rings (SSSR count). The van der Waals surface area contributed by atoms with Crippen LogP contribution in [0.3, 0.4) is 0 Å². The van der Waals surface area contributed by atoms with E-state index in [-0.39, 0.29) is 18.0 Å². The van der Waals surface area contributed by atoms with Gasteiger partial charge in [-0.05, 0) is 30.2 Å². The van der Waals surface area contributed by atoms with E-state index < -0.39 is 10.0 Å². The van der Waals surface area contributed by atoms with Gasteiger partial charge in [0.25, 0.3) is 0 Å². The molecule has 4 N–H and O–H groups in total. The maximum atomic E-state index is 12.4. The smallest absolute Gasteiger partial charge is 0.241 e. The molecular weight excluding hydrogens is 344 g/mol. The Kier molecular flexibility index (Phi) is 4.59. The topological polar surface area (TPSA) is 101 Å². The Bertz CT molecular complexity index is 698. The highest BCUT2D eigenvalue weighted by molar-refractivity contribution is 9.10. The van der Waals surface area contributed by atoms with Crippen molar-refractivity contribution in [2.45, 2.75) is 24.9 Å². The molecule has 1 aromatic heterocycles. The third kappa shape index (κ3) is 3.26. The van der Waals surface area contributed by atoms with Gasteiger partial charge in [-0.1, -0.05) is 15.9 Å². The normalized spacial score (nSPS) is 11.8. The Hall–Kier alpha value is -1.22. The van der Waals surface area contributed by atoms with Gasteiger partial charge in [0.15, 0.2) is 0 Å². The van der Waals surface area contributed by atoms with Crippen molar-refractivity contribution in [3.05, 3.63) is 45.7 Å². The van der Waals surface area contributed by atoms with Crippen LogP contribution in [0, 0.1) is 6.92 Å². The molecule has 108 valence electrons.